The number of hydrogen-bond donors (Lipinski definition) is 0. The van der Waals surface area contributed by atoms with Crippen molar-refractivity contribution in [3.8, 4) is 0 Å². The Labute approximate surface area is 69.2 Å². The molecule has 1 aliphatic rings. The largest absolute Gasteiger partial charge is 0.244 e. The van der Waals surface area contributed by atoms with Crippen LogP contribution in [-0.2, 0) is 0 Å². The third-order valence-electron chi connectivity index (χ3n) is 2.82. The average Bonchev–Trinajstić information content (AvgIpc) is 1.86. The van der Waals surface area contributed by atoms with Gasteiger partial charge in [0.25, 0.3) is 0 Å². The van der Waals surface area contributed by atoms with Crippen LogP contribution < -0.4 is 0 Å². The number of alkyl halides is 1. The molecule has 0 N–H and O–H groups in total. The lowest BCUT2D eigenvalue weighted by atomic mass is 9.76. The molecule has 1 radical (unpaired) electrons. The zero-order valence-corrected chi connectivity index (χ0v) is 7.57. The van der Waals surface area contributed by atoms with Crippen LogP contribution in [0.4, 0.5) is 4.39 Å². The molecule has 0 aromatic heterocycles. The lowest BCUT2D eigenvalue weighted by Gasteiger charge is -2.32. The molecule has 1 saturated carbocycles. The first-order valence-electron chi connectivity index (χ1n) is 4.52. The summed E-state index contributed by atoms with van der Waals surface area (Å²) in [5.74, 6) is 0.856. The summed E-state index contributed by atoms with van der Waals surface area (Å²) in [5, 5.41) is 0. The summed E-state index contributed by atoms with van der Waals surface area (Å²) in [6.07, 6.45) is 4.27. The average molecular weight is 157 g/mol. The van der Waals surface area contributed by atoms with Gasteiger partial charge in [-0.15, -0.1) is 0 Å². The van der Waals surface area contributed by atoms with Gasteiger partial charge in [0.05, 0.1) is 0 Å². The molecule has 0 bridgehead atoms. The van der Waals surface area contributed by atoms with Crippen molar-refractivity contribution in [2.75, 3.05) is 0 Å². The van der Waals surface area contributed by atoms with Crippen molar-refractivity contribution in [1.29, 1.82) is 0 Å². The van der Waals surface area contributed by atoms with E-state index in [1.54, 1.807) is 13.8 Å². The quantitative estimate of drug-likeness (QED) is 0.547. The highest BCUT2D eigenvalue weighted by Gasteiger charge is 2.31. The fraction of sp³-hybridized carbons (Fsp3) is 0.900. The molecule has 0 atom stereocenters. The van der Waals surface area contributed by atoms with Crippen LogP contribution in [0, 0.1) is 18.8 Å². The maximum absolute atomic E-state index is 13.4. The van der Waals surface area contributed by atoms with Gasteiger partial charge in [-0.1, -0.05) is 19.8 Å². The van der Waals surface area contributed by atoms with Crippen LogP contribution >= 0.6 is 0 Å². The predicted octanol–water partition coefficient (Wildman–Crippen LogP) is 3.37. The molecule has 0 aromatic rings. The van der Waals surface area contributed by atoms with E-state index in [9.17, 15) is 4.39 Å². The van der Waals surface area contributed by atoms with Crippen molar-refractivity contribution in [3.63, 3.8) is 0 Å². The van der Waals surface area contributed by atoms with Crippen LogP contribution in [0.3, 0.4) is 0 Å². The molecule has 0 unspecified atom stereocenters. The van der Waals surface area contributed by atoms with Crippen molar-refractivity contribution >= 4 is 0 Å². The summed E-state index contributed by atoms with van der Waals surface area (Å²) in [6, 6.07) is 0. The Morgan fingerprint density at radius 3 is 2.00 bits per heavy atom. The summed E-state index contributed by atoms with van der Waals surface area (Å²) in [5.41, 5.74) is -0.972. The fourth-order valence-electron chi connectivity index (χ4n) is 1.85. The summed E-state index contributed by atoms with van der Waals surface area (Å²) in [4.78, 5) is 0. The van der Waals surface area contributed by atoms with E-state index < -0.39 is 5.67 Å². The molecule has 0 heterocycles. The van der Waals surface area contributed by atoms with Gasteiger partial charge in [-0.05, 0) is 38.5 Å². The molecular formula is C10H18F. The lowest BCUT2D eigenvalue weighted by molar-refractivity contribution is 0.0859. The Hall–Kier alpha value is -0.0700. The van der Waals surface area contributed by atoms with Crippen LogP contribution in [0.15, 0.2) is 0 Å². The van der Waals surface area contributed by atoms with E-state index in [2.05, 4.69) is 6.92 Å². The lowest BCUT2D eigenvalue weighted by Crippen LogP contribution is -2.29. The maximum Gasteiger partial charge on any atom is 0.108 e. The van der Waals surface area contributed by atoms with Crippen molar-refractivity contribution in [2.24, 2.45) is 11.8 Å². The van der Waals surface area contributed by atoms with Crippen LogP contribution in [0.25, 0.3) is 0 Å². The molecule has 0 aromatic carbocycles. The van der Waals surface area contributed by atoms with Crippen LogP contribution in [-0.4, -0.2) is 5.67 Å². The minimum absolute atomic E-state index is 0.278. The highest BCUT2D eigenvalue weighted by Crippen LogP contribution is 2.36. The second-order valence-corrected chi connectivity index (χ2v) is 4.28. The predicted molar refractivity (Wildman–Crippen MR) is 46.0 cm³/mol. The second kappa shape index (κ2) is 3.12. The normalized spacial score (nSPS) is 33.8. The van der Waals surface area contributed by atoms with Gasteiger partial charge in [0.2, 0.25) is 0 Å². The van der Waals surface area contributed by atoms with Gasteiger partial charge >= 0.3 is 0 Å². The van der Waals surface area contributed by atoms with E-state index in [0.717, 1.165) is 25.7 Å². The van der Waals surface area contributed by atoms with Crippen molar-refractivity contribution in [2.45, 2.75) is 45.2 Å². The van der Waals surface area contributed by atoms with Crippen molar-refractivity contribution in [1.82, 2.24) is 0 Å². The molecule has 1 fully saturated rings. The summed E-state index contributed by atoms with van der Waals surface area (Å²) in [6.45, 7) is 7.38. The fourth-order valence-corrected chi connectivity index (χ4v) is 1.85. The second-order valence-electron chi connectivity index (χ2n) is 4.28. The smallest absolute Gasteiger partial charge is 0.108 e. The van der Waals surface area contributed by atoms with Crippen molar-refractivity contribution < 1.29 is 4.39 Å². The Balaban J connectivity index is 2.39. The Morgan fingerprint density at radius 1 is 1.18 bits per heavy atom. The van der Waals surface area contributed by atoms with Gasteiger partial charge in [-0.2, -0.15) is 0 Å². The first kappa shape index (κ1) is 9.02. The van der Waals surface area contributed by atoms with Gasteiger partial charge in [0, 0.05) is 0 Å². The molecule has 1 aliphatic carbocycles. The minimum atomic E-state index is -0.972. The molecule has 65 valence electrons. The minimum Gasteiger partial charge on any atom is -0.244 e. The molecule has 1 rings (SSSR count). The Kier molecular flexibility index (Phi) is 2.56. The van der Waals surface area contributed by atoms with Gasteiger partial charge < -0.3 is 0 Å². The van der Waals surface area contributed by atoms with E-state index in [0.29, 0.717) is 5.92 Å². The number of hydrogen-bond acceptors (Lipinski definition) is 0. The summed E-state index contributed by atoms with van der Waals surface area (Å²) < 4.78 is 13.4. The van der Waals surface area contributed by atoms with Crippen LogP contribution in [0.2, 0.25) is 0 Å². The topological polar surface area (TPSA) is 0 Å². The van der Waals surface area contributed by atoms with E-state index in [4.69, 9.17) is 0 Å². The van der Waals surface area contributed by atoms with Crippen molar-refractivity contribution in [3.05, 3.63) is 6.92 Å². The summed E-state index contributed by atoms with van der Waals surface area (Å²) >= 11 is 0. The number of halogens is 1. The van der Waals surface area contributed by atoms with Gasteiger partial charge in [-0.25, -0.2) is 4.39 Å². The third-order valence-corrected chi connectivity index (χ3v) is 2.82. The third kappa shape index (κ3) is 2.46. The Morgan fingerprint density at radius 2 is 1.64 bits per heavy atom. The standard InChI is InChI=1S/C10H18F/c1-8-4-6-9(7-5-8)10(2,3)11/h8-9H,1,4-7H2,2-3H3. The highest BCUT2D eigenvalue weighted by molar-refractivity contribution is 4.83. The van der Waals surface area contributed by atoms with E-state index in [1.165, 1.54) is 0 Å². The SMILES string of the molecule is [CH2]C1CCC(C(C)(C)F)CC1. The zero-order valence-electron chi connectivity index (χ0n) is 7.57. The monoisotopic (exact) mass is 157 g/mol. The summed E-state index contributed by atoms with van der Waals surface area (Å²) in [7, 11) is 0. The highest BCUT2D eigenvalue weighted by atomic mass is 19.1. The maximum atomic E-state index is 13.4. The van der Waals surface area contributed by atoms with E-state index >= 15 is 0 Å². The Bertz CT molecular complexity index is 115. The van der Waals surface area contributed by atoms with Gasteiger partial charge in [0.15, 0.2) is 0 Å². The molecule has 0 amide bonds. The zero-order chi connectivity index (χ0) is 8.48. The first-order chi connectivity index (χ1) is 5.00. The molecule has 0 saturated heterocycles. The van der Waals surface area contributed by atoms with E-state index in [-0.39, 0.29) is 5.92 Å². The molecule has 0 nitrogen and oxygen atoms in total. The van der Waals surface area contributed by atoms with Gasteiger partial charge in [-0.3, -0.25) is 0 Å². The van der Waals surface area contributed by atoms with E-state index in [1.807, 2.05) is 0 Å². The van der Waals surface area contributed by atoms with Gasteiger partial charge in [0.1, 0.15) is 5.67 Å². The number of rotatable bonds is 1. The molecule has 0 spiro atoms. The van der Waals surface area contributed by atoms with Crippen LogP contribution in [0.1, 0.15) is 39.5 Å². The molecule has 1 heteroatoms. The van der Waals surface area contributed by atoms with Crippen LogP contribution in [0.5, 0.6) is 0 Å². The molecular weight excluding hydrogens is 139 g/mol. The molecule has 11 heavy (non-hydrogen) atoms. The molecule has 0 aliphatic heterocycles. The first-order valence-corrected chi connectivity index (χ1v) is 4.52.